The molecule has 18 heavy (non-hydrogen) atoms. The zero-order valence-corrected chi connectivity index (χ0v) is 10.9. The minimum absolute atomic E-state index is 0.0341. The van der Waals surface area contributed by atoms with Gasteiger partial charge in [0.05, 0.1) is 6.61 Å². The van der Waals surface area contributed by atoms with Crippen LogP contribution < -0.4 is 4.74 Å². The number of oxazole rings is 1. The van der Waals surface area contributed by atoms with Crippen molar-refractivity contribution in [2.24, 2.45) is 0 Å². The van der Waals surface area contributed by atoms with Crippen molar-refractivity contribution in [3.8, 4) is 5.95 Å². The predicted molar refractivity (Wildman–Crippen MR) is 65.1 cm³/mol. The van der Waals surface area contributed by atoms with E-state index in [2.05, 4.69) is 11.9 Å². The first-order valence-corrected chi connectivity index (χ1v) is 6.44. The Bertz CT molecular complexity index is 432. The van der Waals surface area contributed by atoms with Crippen LogP contribution in [-0.4, -0.2) is 22.7 Å². The van der Waals surface area contributed by atoms with E-state index in [1.54, 1.807) is 6.92 Å². The Morgan fingerprint density at radius 2 is 2.11 bits per heavy atom. The molecule has 0 unspecified atom stereocenters. The van der Waals surface area contributed by atoms with E-state index >= 15 is 0 Å². The van der Waals surface area contributed by atoms with E-state index < -0.39 is 5.97 Å². The second-order valence-electron chi connectivity index (χ2n) is 5.01. The quantitative estimate of drug-likeness (QED) is 0.893. The molecule has 1 aromatic rings. The van der Waals surface area contributed by atoms with E-state index in [-0.39, 0.29) is 17.1 Å². The number of nitrogens with zero attached hydrogens (tertiary/aromatic N) is 1. The lowest BCUT2D eigenvalue weighted by atomic mass is 9.76. The van der Waals surface area contributed by atoms with Crippen molar-refractivity contribution >= 4 is 5.97 Å². The molecule has 0 aliphatic heterocycles. The van der Waals surface area contributed by atoms with Gasteiger partial charge < -0.3 is 14.3 Å². The standard InChI is InChI=1S/C13H19NO4/c1-3-17-11-9(10(15)16)14-12(18-11)13(2)7-5-4-6-8-13/h3-8H2,1-2H3,(H,15,16). The Morgan fingerprint density at radius 1 is 1.44 bits per heavy atom. The van der Waals surface area contributed by atoms with Crippen molar-refractivity contribution < 1.29 is 19.1 Å². The van der Waals surface area contributed by atoms with Gasteiger partial charge in [-0.25, -0.2) is 9.78 Å². The molecule has 1 fully saturated rings. The van der Waals surface area contributed by atoms with E-state index in [1.165, 1.54) is 6.42 Å². The summed E-state index contributed by atoms with van der Waals surface area (Å²) >= 11 is 0. The average molecular weight is 253 g/mol. The molecule has 0 amide bonds. The second kappa shape index (κ2) is 5.00. The lowest BCUT2D eigenvalue weighted by molar-refractivity contribution is 0.0683. The molecule has 0 radical (unpaired) electrons. The maximum absolute atomic E-state index is 11.1. The molecule has 1 aliphatic carbocycles. The molecule has 0 bridgehead atoms. The largest absolute Gasteiger partial charge is 0.476 e. The van der Waals surface area contributed by atoms with Gasteiger partial charge >= 0.3 is 11.9 Å². The van der Waals surface area contributed by atoms with E-state index in [0.29, 0.717) is 12.5 Å². The molecular formula is C13H19NO4. The molecular weight excluding hydrogens is 234 g/mol. The Labute approximate surface area is 106 Å². The Balaban J connectivity index is 2.33. The Morgan fingerprint density at radius 3 is 2.67 bits per heavy atom. The van der Waals surface area contributed by atoms with Gasteiger partial charge in [-0.1, -0.05) is 26.2 Å². The third-order valence-electron chi connectivity index (χ3n) is 3.55. The SMILES string of the molecule is CCOc1oc(C2(C)CCCCC2)nc1C(=O)O. The van der Waals surface area contributed by atoms with Gasteiger partial charge in [0.2, 0.25) is 11.6 Å². The van der Waals surface area contributed by atoms with Gasteiger partial charge in [-0.05, 0) is 19.8 Å². The fourth-order valence-corrected chi connectivity index (χ4v) is 2.47. The summed E-state index contributed by atoms with van der Waals surface area (Å²) in [4.78, 5) is 15.2. The predicted octanol–water partition coefficient (Wildman–Crippen LogP) is 2.99. The van der Waals surface area contributed by atoms with Crippen LogP contribution in [0.15, 0.2) is 4.42 Å². The molecule has 1 N–H and O–H groups in total. The molecule has 2 rings (SSSR count). The highest BCUT2D eigenvalue weighted by atomic mass is 16.6. The van der Waals surface area contributed by atoms with Crippen molar-refractivity contribution in [1.29, 1.82) is 0 Å². The zero-order chi connectivity index (χ0) is 13.2. The number of ether oxygens (including phenoxy) is 1. The summed E-state index contributed by atoms with van der Waals surface area (Å²) in [6.07, 6.45) is 5.45. The van der Waals surface area contributed by atoms with Gasteiger partial charge in [0.15, 0.2) is 0 Å². The molecule has 100 valence electrons. The monoisotopic (exact) mass is 253 g/mol. The van der Waals surface area contributed by atoms with Crippen LogP contribution in [0.5, 0.6) is 5.95 Å². The van der Waals surface area contributed by atoms with Crippen molar-refractivity contribution in [3.05, 3.63) is 11.6 Å². The molecule has 1 saturated carbocycles. The molecule has 5 nitrogen and oxygen atoms in total. The Hall–Kier alpha value is -1.52. The number of hydrogen-bond acceptors (Lipinski definition) is 4. The minimum Gasteiger partial charge on any atom is -0.476 e. The van der Waals surface area contributed by atoms with Crippen LogP contribution in [0, 0.1) is 0 Å². The number of hydrogen-bond donors (Lipinski definition) is 1. The fraction of sp³-hybridized carbons (Fsp3) is 0.692. The van der Waals surface area contributed by atoms with Crippen LogP contribution in [0.1, 0.15) is 62.3 Å². The third-order valence-corrected chi connectivity index (χ3v) is 3.55. The highest BCUT2D eigenvalue weighted by Gasteiger charge is 2.36. The summed E-state index contributed by atoms with van der Waals surface area (Å²) in [5.41, 5.74) is -0.267. The molecule has 0 spiro atoms. The highest BCUT2D eigenvalue weighted by Crippen LogP contribution is 2.40. The van der Waals surface area contributed by atoms with Crippen LogP contribution in [-0.2, 0) is 5.41 Å². The first-order chi connectivity index (χ1) is 8.57. The zero-order valence-electron chi connectivity index (χ0n) is 10.9. The maximum Gasteiger partial charge on any atom is 0.362 e. The summed E-state index contributed by atoms with van der Waals surface area (Å²) in [6.45, 7) is 4.24. The molecule has 1 heterocycles. The summed E-state index contributed by atoms with van der Waals surface area (Å²) in [7, 11) is 0. The van der Waals surface area contributed by atoms with Gasteiger partial charge in [0.1, 0.15) is 0 Å². The van der Waals surface area contributed by atoms with Crippen LogP contribution in [0.3, 0.4) is 0 Å². The second-order valence-corrected chi connectivity index (χ2v) is 5.01. The Kier molecular flexibility index (Phi) is 3.59. The van der Waals surface area contributed by atoms with Gasteiger partial charge in [0, 0.05) is 5.41 Å². The van der Waals surface area contributed by atoms with Gasteiger partial charge in [-0.3, -0.25) is 0 Å². The summed E-state index contributed by atoms with van der Waals surface area (Å²) in [5.74, 6) is -0.567. The van der Waals surface area contributed by atoms with Gasteiger partial charge in [-0.2, -0.15) is 0 Å². The van der Waals surface area contributed by atoms with E-state index in [1.807, 2.05) is 0 Å². The topological polar surface area (TPSA) is 72.6 Å². The summed E-state index contributed by atoms with van der Waals surface area (Å²) < 4.78 is 10.7. The number of carbonyl (C=O) groups is 1. The molecule has 1 aliphatic rings. The lowest BCUT2D eigenvalue weighted by Gasteiger charge is -2.29. The fourth-order valence-electron chi connectivity index (χ4n) is 2.47. The van der Waals surface area contributed by atoms with Crippen LogP contribution >= 0.6 is 0 Å². The van der Waals surface area contributed by atoms with Gasteiger partial charge in [0.25, 0.3) is 0 Å². The van der Waals surface area contributed by atoms with Crippen molar-refractivity contribution in [1.82, 2.24) is 4.98 Å². The van der Waals surface area contributed by atoms with E-state index in [0.717, 1.165) is 25.7 Å². The molecule has 0 saturated heterocycles. The average Bonchev–Trinajstić information content (AvgIpc) is 2.75. The minimum atomic E-state index is -1.10. The molecule has 0 aromatic carbocycles. The maximum atomic E-state index is 11.1. The third kappa shape index (κ3) is 2.35. The first kappa shape index (κ1) is 12.9. The summed E-state index contributed by atoms with van der Waals surface area (Å²) in [5, 5.41) is 9.09. The number of carboxylic acids is 1. The highest BCUT2D eigenvalue weighted by molar-refractivity contribution is 5.87. The molecule has 0 atom stereocenters. The van der Waals surface area contributed by atoms with E-state index in [9.17, 15) is 4.79 Å². The number of aromatic carboxylic acids is 1. The van der Waals surface area contributed by atoms with Crippen LogP contribution in [0.25, 0.3) is 0 Å². The number of aromatic nitrogens is 1. The summed E-state index contributed by atoms with van der Waals surface area (Å²) in [6, 6.07) is 0. The van der Waals surface area contributed by atoms with Crippen LogP contribution in [0.2, 0.25) is 0 Å². The van der Waals surface area contributed by atoms with Crippen molar-refractivity contribution in [3.63, 3.8) is 0 Å². The smallest absolute Gasteiger partial charge is 0.362 e. The van der Waals surface area contributed by atoms with Gasteiger partial charge in [-0.15, -0.1) is 0 Å². The first-order valence-electron chi connectivity index (χ1n) is 6.44. The number of rotatable bonds is 4. The van der Waals surface area contributed by atoms with Crippen molar-refractivity contribution in [2.45, 2.75) is 51.4 Å². The number of carboxylic acid groups (broad SMARTS) is 1. The molecule has 1 aromatic heterocycles. The lowest BCUT2D eigenvalue weighted by Crippen LogP contribution is -2.25. The normalized spacial score (nSPS) is 18.6. The molecule has 5 heteroatoms. The van der Waals surface area contributed by atoms with E-state index in [4.69, 9.17) is 14.3 Å². The van der Waals surface area contributed by atoms with Crippen LogP contribution in [0.4, 0.5) is 0 Å². The van der Waals surface area contributed by atoms with Crippen molar-refractivity contribution in [2.75, 3.05) is 6.61 Å².